The van der Waals surface area contributed by atoms with Crippen LogP contribution in [0.4, 0.5) is 0 Å². The van der Waals surface area contributed by atoms with E-state index in [1.807, 2.05) is 7.05 Å². The molecule has 0 aromatic carbocycles. The lowest BCUT2D eigenvalue weighted by molar-refractivity contribution is 0.279. The molecule has 0 aliphatic carbocycles. The van der Waals surface area contributed by atoms with E-state index in [1.54, 1.807) is 4.68 Å². The van der Waals surface area contributed by atoms with Gasteiger partial charge in [-0.1, -0.05) is 25.1 Å². The first-order chi connectivity index (χ1) is 7.19. The number of hydrogen-bond donors (Lipinski definition) is 2. The largest absolute Gasteiger partial charge is 0.395 e. The summed E-state index contributed by atoms with van der Waals surface area (Å²) < 4.78 is 1.69. The summed E-state index contributed by atoms with van der Waals surface area (Å²) in [5, 5.41) is 14.0. The lowest BCUT2D eigenvalue weighted by Gasteiger charge is -2.19. The first-order valence-corrected chi connectivity index (χ1v) is 5.94. The van der Waals surface area contributed by atoms with Gasteiger partial charge in [0.1, 0.15) is 6.33 Å². The minimum atomic E-state index is -0.00662. The van der Waals surface area contributed by atoms with Crippen LogP contribution in [0.5, 0.6) is 0 Å². The van der Waals surface area contributed by atoms with Crippen molar-refractivity contribution in [2.75, 3.05) is 6.61 Å². The molecule has 1 aromatic heterocycles. The molecule has 0 fully saturated rings. The minimum absolute atomic E-state index is 0.00157. The molecule has 5 nitrogen and oxygen atoms in total. The summed E-state index contributed by atoms with van der Waals surface area (Å²) in [4.78, 5) is 4.09. The van der Waals surface area contributed by atoms with Gasteiger partial charge in [-0.05, 0) is 6.42 Å². The second-order valence-electron chi connectivity index (χ2n) is 3.46. The standard InChI is InChI=1S/C9H18N4OS/c1-3-4-7(10)8(5-14)15-9-11-6-12-13(9)2/h6-8,14H,3-5,10H2,1-2H3. The lowest BCUT2D eigenvalue weighted by Crippen LogP contribution is -2.35. The molecule has 0 spiro atoms. The van der Waals surface area contributed by atoms with E-state index in [-0.39, 0.29) is 17.9 Å². The molecule has 0 saturated heterocycles. The molecule has 2 unspecified atom stereocenters. The molecule has 1 rings (SSSR count). The molecule has 86 valence electrons. The van der Waals surface area contributed by atoms with E-state index < -0.39 is 0 Å². The van der Waals surface area contributed by atoms with Crippen LogP contribution in [-0.2, 0) is 7.05 Å². The zero-order valence-corrected chi connectivity index (χ0v) is 9.94. The zero-order valence-electron chi connectivity index (χ0n) is 9.13. The molecule has 3 N–H and O–H groups in total. The molecule has 0 saturated carbocycles. The summed E-state index contributed by atoms with van der Waals surface area (Å²) in [6, 6.07) is 0.00157. The van der Waals surface area contributed by atoms with Gasteiger partial charge in [-0.25, -0.2) is 9.67 Å². The number of nitrogens with two attached hydrogens (primary N) is 1. The maximum absolute atomic E-state index is 9.25. The highest BCUT2D eigenvalue weighted by molar-refractivity contribution is 7.99. The van der Waals surface area contributed by atoms with Crippen LogP contribution in [0.1, 0.15) is 19.8 Å². The predicted molar refractivity (Wildman–Crippen MR) is 60.6 cm³/mol. The Hall–Kier alpha value is -0.590. The quantitative estimate of drug-likeness (QED) is 0.692. The molecular weight excluding hydrogens is 212 g/mol. The molecule has 0 bridgehead atoms. The third kappa shape index (κ3) is 3.48. The molecule has 0 aliphatic rings. The van der Waals surface area contributed by atoms with Crippen molar-refractivity contribution in [3.8, 4) is 0 Å². The fraction of sp³-hybridized carbons (Fsp3) is 0.778. The fourth-order valence-corrected chi connectivity index (χ4v) is 2.27. The Balaban J connectivity index is 2.57. The van der Waals surface area contributed by atoms with Gasteiger partial charge in [0.2, 0.25) is 0 Å². The van der Waals surface area contributed by atoms with Crippen molar-refractivity contribution in [1.82, 2.24) is 14.8 Å². The highest BCUT2D eigenvalue weighted by Gasteiger charge is 2.19. The summed E-state index contributed by atoms with van der Waals surface area (Å²) in [5.74, 6) is 0. The highest BCUT2D eigenvalue weighted by Crippen LogP contribution is 2.23. The van der Waals surface area contributed by atoms with Gasteiger partial charge >= 0.3 is 0 Å². The van der Waals surface area contributed by atoms with Gasteiger partial charge in [-0.15, -0.1) is 0 Å². The molecule has 6 heteroatoms. The second-order valence-corrected chi connectivity index (χ2v) is 4.66. The summed E-state index contributed by atoms with van der Waals surface area (Å²) >= 11 is 1.48. The number of nitrogens with zero attached hydrogens (tertiary/aromatic N) is 3. The first-order valence-electron chi connectivity index (χ1n) is 5.06. The van der Waals surface area contributed by atoms with Gasteiger partial charge in [0.05, 0.1) is 11.9 Å². The van der Waals surface area contributed by atoms with E-state index in [1.165, 1.54) is 18.1 Å². The Kier molecular flexibility index (Phi) is 5.07. The maximum atomic E-state index is 9.25. The van der Waals surface area contributed by atoms with Crippen molar-refractivity contribution >= 4 is 11.8 Å². The van der Waals surface area contributed by atoms with Gasteiger partial charge < -0.3 is 10.8 Å². The van der Waals surface area contributed by atoms with Crippen molar-refractivity contribution in [2.45, 2.75) is 36.2 Å². The second kappa shape index (κ2) is 6.09. The van der Waals surface area contributed by atoms with Crippen LogP contribution < -0.4 is 5.73 Å². The number of hydrogen-bond acceptors (Lipinski definition) is 5. The van der Waals surface area contributed by atoms with Crippen LogP contribution in [0.25, 0.3) is 0 Å². The zero-order chi connectivity index (χ0) is 11.3. The van der Waals surface area contributed by atoms with Crippen LogP contribution in [0.3, 0.4) is 0 Å². The van der Waals surface area contributed by atoms with E-state index in [0.29, 0.717) is 0 Å². The Morgan fingerprint density at radius 1 is 1.67 bits per heavy atom. The Bertz CT molecular complexity index is 291. The van der Waals surface area contributed by atoms with Crippen molar-refractivity contribution < 1.29 is 5.11 Å². The number of aliphatic hydroxyl groups is 1. The SMILES string of the molecule is CCCC(N)C(CO)Sc1ncnn1C. The van der Waals surface area contributed by atoms with Crippen LogP contribution in [0, 0.1) is 0 Å². The molecule has 0 amide bonds. The van der Waals surface area contributed by atoms with E-state index in [2.05, 4.69) is 17.0 Å². The molecule has 2 atom stereocenters. The Labute approximate surface area is 94.1 Å². The summed E-state index contributed by atoms with van der Waals surface area (Å²) in [7, 11) is 1.83. The van der Waals surface area contributed by atoms with E-state index in [4.69, 9.17) is 5.73 Å². The number of thioether (sulfide) groups is 1. The van der Waals surface area contributed by atoms with Gasteiger partial charge in [0.15, 0.2) is 5.16 Å². The molecule has 1 aromatic rings. The highest BCUT2D eigenvalue weighted by atomic mass is 32.2. The molecule has 1 heterocycles. The third-order valence-corrected chi connectivity index (χ3v) is 3.59. The smallest absolute Gasteiger partial charge is 0.186 e. The Morgan fingerprint density at radius 2 is 2.40 bits per heavy atom. The average molecular weight is 230 g/mol. The lowest BCUT2D eigenvalue weighted by atomic mass is 10.1. The van der Waals surface area contributed by atoms with Gasteiger partial charge in [0, 0.05) is 13.1 Å². The molecule has 0 aliphatic heterocycles. The van der Waals surface area contributed by atoms with E-state index in [9.17, 15) is 5.11 Å². The number of aryl methyl sites for hydroxylation is 1. The van der Waals surface area contributed by atoms with Crippen molar-refractivity contribution in [1.29, 1.82) is 0 Å². The number of aromatic nitrogens is 3. The van der Waals surface area contributed by atoms with Gasteiger partial charge in [-0.3, -0.25) is 0 Å². The van der Waals surface area contributed by atoms with Crippen molar-refractivity contribution in [3.63, 3.8) is 0 Å². The number of rotatable bonds is 6. The Morgan fingerprint density at radius 3 is 2.87 bits per heavy atom. The van der Waals surface area contributed by atoms with E-state index in [0.717, 1.165) is 18.0 Å². The number of aliphatic hydroxyl groups excluding tert-OH is 1. The maximum Gasteiger partial charge on any atom is 0.186 e. The summed E-state index contributed by atoms with van der Waals surface area (Å²) in [5.41, 5.74) is 5.97. The first kappa shape index (κ1) is 12.5. The van der Waals surface area contributed by atoms with E-state index >= 15 is 0 Å². The van der Waals surface area contributed by atoms with Gasteiger partial charge in [-0.2, -0.15) is 5.10 Å². The monoisotopic (exact) mass is 230 g/mol. The van der Waals surface area contributed by atoms with Crippen molar-refractivity contribution in [2.24, 2.45) is 12.8 Å². The molecule has 0 radical (unpaired) electrons. The van der Waals surface area contributed by atoms with Crippen molar-refractivity contribution in [3.05, 3.63) is 6.33 Å². The summed E-state index contributed by atoms with van der Waals surface area (Å²) in [6.07, 6.45) is 3.44. The van der Waals surface area contributed by atoms with Crippen LogP contribution in [0.2, 0.25) is 0 Å². The molecule has 15 heavy (non-hydrogen) atoms. The summed E-state index contributed by atoms with van der Waals surface area (Å²) in [6.45, 7) is 2.15. The normalized spacial score (nSPS) is 15.2. The van der Waals surface area contributed by atoms with Gasteiger partial charge in [0.25, 0.3) is 0 Å². The predicted octanol–water partition coefficient (Wildman–Crippen LogP) is 0.395. The third-order valence-electron chi connectivity index (χ3n) is 2.21. The average Bonchev–Trinajstić information content (AvgIpc) is 2.61. The van der Waals surface area contributed by atoms with Crippen LogP contribution in [0.15, 0.2) is 11.5 Å². The topological polar surface area (TPSA) is 77.0 Å². The fourth-order valence-electron chi connectivity index (χ4n) is 1.31. The van der Waals surface area contributed by atoms with Crippen LogP contribution in [-0.4, -0.2) is 37.8 Å². The minimum Gasteiger partial charge on any atom is -0.395 e. The molecular formula is C9H18N4OS. The van der Waals surface area contributed by atoms with Crippen LogP contribution >= 0.6 is 11.8 Å².